The third-order valence-corrected chi connectivity index (χ3v) is 1.91. The summed E-state index contributed by atoms with van der Waals surface area (Å²) in [6, 6.07) is 0.969. The SMILES string of the molecule is COc1cc(C(F)(F)F)cc(F)c1Cl. The summed E-state index contributed by atoms with van der Waals surface area (Å²) in [5.41, 5.74) is -1.13. The van der Waals surface area contributed by atoms with Gasteiger partial charge in [0.25, 0.3) is 0 Å². The van der Waals surface area contributed by atoms with E-state index in [2.05, 4.69) is 4.74 Å². The number of methoxy groups -OCH3 is 1. The van der Waals surface area contributed by atoms with Crippen molar-refractivity contribution in [1.82, 2.24) is 0 Å². The number of ether oxygens (including phenoxy) is 1. The molecule has 0 heterocycles. The van der Waals surface area contributed by atoms with E-state index in [1.54, 1.807) is 0 Å². The van der Waals surface area contributed by atoms with Gasteiger partial charge >= 0.3 is 6.18 Å². The zero-order valence-corrected chi connectivity index (χ0v) is 7.71. The minimum absolute atomic E-state index is 0.324. The van der Waals surface area contributed by atoms with Crippen molar-refractivity contribution in [3.8, 4) is 5.75 Å². The fourth-order valence-corrected chi connectivity index (χ4v) is 1.06. The molecule has 0 aliphatic heterocycles. The maximum absolute atomic E-state index is 12.8. The molecule has 1 aromatic rings. The van der Waals surface area contributed by atoms with Gasteiger partial charge in [-0.3, -0.25) is 0 Å². The van der Waals surface area contributed by atoms with E-state index >= 15 is 0 Å². The average molecular weight is 229 g/mol. The van der Waals surface area contributed by atoms with Crippen molar-refractivity contribution in [3.05, 3.63) is 28.5 Å². The van der Waals surface area contributed by atoms with E-state index in [9.17, 15) is 17.6 Å². The smallest absolute Gasteiger partial charge is 0.416 e. The zero-order valence-electron chi connectivity index (χ0n) is 6.95. The number of halogens is 5. The molecule has 0 aliphatic carbocycles. The van der Waals surface area contributed by atoms with Crippen LogP contribution in [0.4, 0.5) is 17.6 Å². The lowest BCUT2D eigenvalue weighted by Gasteiger charge is -2.10. The van der Waals surface area contributed by atoms with Gasteiger partial charge in [-0.25, -0.2) is 4.39 Å². The molecule has 0 aliphatic rings. The molecule has 0 saturated carbocycles. The summed E-state index contributed by atoms with van der Waals surface area (Å²) in [5, 5.41) is -0.458. The van der Waals surface area contributed by atoms with E-state index in [4.69, 9.17) is 11.6 Å². The van der Waals surface area contributed by atoms with Crippen molar-refractivity contribution in [3.63, 3.8) is 0 Å². The molecule has 0 fully saturated rings. The lowest BCUT2D eigenvalue weighted by molar-refractivity contribution is -0.137. The van der Waals surface area contributed by atoms with Crippen LogP contribution in [0, 0.1) is 5.82 Å². The maximum Gasteiger partial charge on any atom is 0.416 e. The van der Waals surface area contributed by atoms with E-state index in [0.29, 0.717) is 12.1 Å². The second-order valence-electron chi connectivity index (χ2n) is 2.47. The molecule has 0 saturated heterocycles. The van der Waals surface area contributed by atoms with Crippen LogP contribution >= 0.6 is 11.6 Å². The third kappa shape index (κ3) is 2.09. The van der Waals surface area contributed by atoms with Crippen LogP contribution in [0.3, 0.4) is 0 Å². The molecule has 0 spiro atoms. The molecule has 0 atom stereocenters. The third-order valence-electron chi connectivity index (χ3n) is 1.54. The predicted molar refractivity (Wildman–Crippen MR) is 43.0 cm³/mol. The van der Waals surface area contributed by atoms with Gasteiger partial charge in [-0.15, -0.1) is 0 Å². The van der Waals surface area contributed by atoms with Crippen molar-refractivity contribution >= 4 is 11.6 Å². The number of alkyl halides is 3. The van der Waals surface area contributed by atoms with Crippen LogP contribution in [-0.4, -0.2) is 7.11 Å². The summed E-state index contributed by atoms with van der Waals surface area (Å²) in [4.78, 5) is 0. The first-order valence-electron chi connectivity index (χ1n) is 3.46. The molecule has 78 valence electrons. The van der Waals surface area contributed by atoms with Crippen molar-refractivity contribution < 1.29 is 22.3 Å². The molecule has 0 aromatic heterocycles. The second-order valence-corrected chi connectivity index (χ2v) is 2.85. The van der Waals surface area contributed by atoms with Crippen LogP contribution in [0.1, 0.15) is 5.56 Å². The summed E-state index contributed by atoms with van der Waals surface area (Å²) >= 11 is 5.35. The van der Waals surface area contributed by atoms with Gasteiger partial charge in [-0.2, -0.15) is 13.2 Å². The molecule has 0 unspecified atom stereocenters. The molecule has 1 rings (SSSR count). The zero-order chi connectivity index (χ0) is 10.9. The van der Waals surface area contributed by atoms with Crippen molar-refractivity contribution in [1.29, 1.82) is 0 Å². The van der Waals surface area contributed by atoms with Crippen molar-refractivity contribution in [2.24, 2.45) is 0 Å². The Morgan fingerprint density at radius 3 is 2.29 bits per heavy atom. The van der Waals surface area contributed by atoms with Gasteiger partial charge in [-0.05, 0) is 12.1 Å². The fourth-order valence-electron chi connectivity index (χ4n) is 0.876. The molecule has 0 amide bonds. The Kier molecular flexibility index (Phi) is 2.89. The van der Waals surface area contributed by atoms with Gasteiger partial charge in [0.1, 0.15) is 16.6 Å². The highest BCUT2D eigenvalue weighted by Gasteiger charge is 2.32. The first-order valence-corrected chi connectivity index (χ1v) is 3.84. The lowest BCUT2D eigenvalue weighted by atomic mass is 10.2. The molecular weight excluding hydrogens is 224 g/mol. The molecule has 0 bridgehead atoms. The van der Waals surface area contributed by atoms with Gasteiger partial charge in [0.05, 0.1) is 12.7 Å². The number of hydrogen-bond donors (Lipinski definition) is 0. The summed E-state index contributed by atoms with van der Waals surface area (Å²) < 4.78 is 53.8. The Bertz CT molecular complexity index is 348. The molecule has 6 heteroatoms. The minimum Gasteiger partial charge on any atom is -0.495 e. The quantitative estimate of drug-likeness (QED) is 0.669. The Morgan fingerprint density at radius 1 is 1.29 bits per heavy atom. The summed E-state index contributed by atoms with van der Waals surface area (Å²) in [5.74, 6) is -1.49. The normalized spacial score (nSPS) is 11.6. The molecule has 1 aromatic carbocycles. The summed E-state index contributed by atoms with van der Waals surface area (Å²) in [6.07, 6.45) is -4.61. The monoisotopic (exact) mass is 228 g/mol. The summed E-state index contributed by atoms with van der Waals surface area (Å²) in [6.45, 7) is 0. The van der Waals surface area contributed by atoms with Crippen LogP contribution < -0.4 is 4.74 Å². The van der Waals surface area contributed by atoms with Gasteiger partial charge in [0.2, 0.25) is 0 Å². The lowest BCUT2D eigenvalue weighted by Crippen LogP contribution is -2.06. The Hall–Kier alpha value is -0.970. The average Bonchev–Trinajstić information content (AvgIpc) is 2.07. The van der Waals surface area contributed by atoms with Crippen LogP contribution in [0.25, 0.3) is 0 Å². The van der Waals surface area contributed by atoms with Crippen molar-refractivity contribution in [2.45, 2.75) is 6.18 Å². The maximum atomic E-state index is 12.8. The first kappa shape index (κ1) is 11.1. The topological polar surface area (TPSA) is 9.23 Å². The highest BCUT2D eigenvalue weighted by molar-refractivity contribution is 6.32. The fraction of sp³-hybridized carbons (Fsp3) is 0.250. The molecular formula is C8H5ClF4O. The van der Waals surface area contributed by atoms with Crippen molar-refractivity contribution in [2.75, 3.05) is 7.11 Å². The van der Waals surface area contributed by atoms with Crippen LogP contribution in [0.2, 0.25) is 5.02 Å². The predicted octanol–water partition coefficient (Wildman–Crippen LogP) is 3.51. The van der Waals surface area contributed by atoms with E-state index in [0.717, 1.165) is 7.11 Å². The van der Waals surface area contributed by atoms with E-state index < -0.39 is 22.6 Å². The molecule has 1 nitrogen and oxygen atoms in total. The second kappa shape index (κ2) is 3.65. The van der Waals surface area contributed by atoms with Gasteiger partial charge in [-0.1, -0.05) is 11.6 Å². The molecule has 14 heavy (non-hydrogen) atoms. The largest absolute Gasteiger partial charge is 0.495 e. The van der Waals surface area contributed by atoms with Gasteiger partial charge < -0.3 is 4.74 Å². The molecule has 0 N–H and O–H groups in total. The van der Waals surface area contributed by atoms with E-state index in [1.807, 2.05) is 0 Å². The van der Waals surface area contributed by atoms with Crippen LogP contribution in [-0.2, 0) is 6.18 Å². The van der Waals surface area contributed by atoms with E-state index in [1.165, 1.54) is 0 Å². The van der Waals surface area contributed by atoms with Crippen LogP contribution in [0.5, 0.6) is 5.75 Å². The Labute approximate surface area is 82.2 Å². The highest BCUT2D eigenvalue weighted by atomic mass is 35.5. The van der Waals surface area contributed by atoms with E-state index in [-0.39, 0.29) is 5.75 Å². The highest BCUT2D eigenvalue weighted by Crippen LogP contribution is 2.36. The number of benzene rings is 1. The Morgan fingerprint density at radius 2 is 1.86 bits per heavy atom. The Balaban J connectivity index is 3.30. The van der Waals surface area contributed by atoms with Gasteiger partial charge in [0, 0.05) is 0 Å². The summed E-state index contributed by atoms with van der Waals surface area (Å²) in [7, 11) is 1.11. The first-order chi connectivity index (χ1) is 6.36. The standard InChI is InChI=1S/C8H5ClF4O/c1-14-6-3-4(8(11,12)13)2-5(10)7(6)9/h2-3H,1H3. The molecule has 0 radical (unpaired) electrons. The van der Waals surface area contributed by atoms with Gasteiger partial charge in [0.15, 0.2) is 0 Å². The minimum atomic E-state index is -4.61. The number of hydrogen-bond acceptors (Lipinski definition) is 1. The number of rotatable bonds is 1. The van der Waals surface area contributed by atoms with Crippen LogP contribution in [0.15, 0.2) is 12.1 Å².